The summed E-state index contributed by atoms with van der Waals surface area (Å²) in [7, 11) is 1.61. The van der Waals surface area contributed by atoms with Crippen LogP contribution in [0.1, 0.15) is 59.2 Å². The van der Waals surface area contributed by atoms with Gasteiger partial charge >= 0.3 is 0 Å². The molecule has 6 heteroatoms. The van der Waals surface area contributed by atoms with Gasteiger partial charge in [0.15, 0.2) is 0 Å². The van der Waals surface area contributed by atoms with Gasteiger partial charge in [0.1, 0.15) is 11.5 Å². The van der Waals surface area contributed by atoms with Gasteiger partial charge in [0, 0.05) is 24.5 Å². The molecule has 1 N–H and O–H groups in total. The zero-order chi connectivity index (χ0) is 25.3. The second-order valence-corrected chi connectivity index (χ2v) is 9.21. The van der Waals surface area contributed by atoms with Crippen molar-refractivity contribution in [2.24, 2.45) is 0 Å². The molecule has 6 nitrogen and oxygen atoms in total. The number of ether oxygens (including phenoxy) is 1. The zero-order valence-electron chi connectivity index (χ0n) is 20.7. The fourth-order valence-electron chi connectivity index (χ4n) is 4.67. The lowest BCUT2D eigenvalue weighted by Gasteiger charge is -2.27. The van der Waals surface area contributed by atoms with Crippen LogP contribution in [0.2, 0.25) is 0 Å². The summed E-state index contributed by atoms with van der Waals surface area (Å²) < 4.78 is 5.54. The molecule has 2 heterocycles. The van der Waals surface area contributed by atoms with Crippen LogP contribution in [0.3, 0.4) is 0 Å². The molecule has 0 spiro atoms. The van der Waals surface area contributed by atoms with Crippen LogP contribution in [0.5, 0.6) is 5.75 Å². The summed E-state index contributed by atoms with van der Waals surface area (Å²) in [6, 6.07) is 14.3. The fraction of sp³-hybridized carbons (Fsp3) is 0.276. The SMILES string of the molecule is COc1cc(C)c(/C(O)=C2\C(=O)C(=O)N(Cc3cccnc3)C2c2ccccc2C)cc1C(C)C. The molecular weight excluding hydrogens is 440 g/mol. The Kier molecular flexibility index (Phi) is 6.74. The quantitative estimate of drug-likeness (QED) is 0.294. The minimum absolute atomic E-state index is 0.0937. The van der Waals surface area contributed by atoms with Crippen molar-refractivity contribution < 1.29 is 19.4 Å². The van der Waals surface area contributed by atoms with E-state index in [1.54, 1.807) is 25.6 Å². The number of carbonyl (C=O) groups is 2. The molecule has 1 amide bonds. The topological polar surface area (TPSA) is 79.7 Å². The maximum Gasteiger partial charge on any atom is 0.295 e. The van der Waals surface area contributed by atoms with E-state index in [9.17, 15) is 14.7 Å². The van der Waals surface area contributed by atoms with Crippen molar-refractivity contribution in [1.29, 1.82) is 0 Å². The predicted octanol–water partition coefficient (Wildman–Crippen LogP) is 5.45. The molecule has 0 radical (unpaired) electrons. The summed E-state index contributed by atoms with van der Waals surface area (Å²) in [5, 5.41) is 11.6. The second-order valence-electron chi connectivity index (χ2n) is 9.21. The van der Waals surface area contributed by atoms with E-state index in [1.165, 1.54) is 4.90 Å². The number of aliphatic hydroxyl groups excluding tert-OH is 1. The molecule has 0 saturated carbocycles. The van der Waals surface area contributed by atoms with Crippen LogP contribution in [0, 0.1) is 13.8 Å². The van der Waals surface area contributed by atoms with Gasteiger partial charge < -0.3 is 14.7 Å². The number of aromatic nitrogens is 1. The number of methoxy groups -OCH3 is 1. The summed E-state index contributed by atoms with van der Waals surface area (Å²) in [6.07, 6.45) is 3.34. The van der Waals surface area contributed by atoms with Crippen LogP contribution in [0.4, 0.5) is 0 Å². The average Bonchev–Trinajstić information content (AvgIpc) is 3.09. The van der Waals surface area contributed by atoms with Gasteiger partial charge in [-0.1, -0.05) is 44.2 Å². The van der Waals surface area contributed by atoms with E-state index < -0.39 is 17.7 Å². The van der Waals surface area contributed by atoms with Crippen LogP contribution in [0.15, 0.2) is 66.5 Å². The van der Waals surface area contributed by atoms with Crippen LogP contribution < -0.4 is 4.74 Å². The molecule has 4 rings (SSSR count). The molecule has 1 saturated heterocycles. The highest BCUT2D eigenvalue weighted by molar-refractivity contribution is 6.46. The molecule has 1 aliphatic rings. The van der Waals surface area contributed by atoms with Gasteiger partial charge in [-0.15, -0.1) is 0 Å². The summed E-state index contributed by atoms with van der Waals surface area (Å²) in [6.45, 7) is 8.08. The Bertz CT molecular complexity index is 1310. The van der Waals surface area contributed by atoms with E-state index in [0.29, 0.717) is 5.56 Å². The van der Waals surface area contributed by atoms with Crippen LogP contribution >= 0.6 is 0 Å². The molecule has 35 heavy (non-hydrogen) atoms. The molecule has 1 fully saturated rings. The van der Waals surface area contributed by atoms with Crippen molar-refractivity contribution in [1.82, 2.24) is 9.88 Å². The van der Waals surface area contributed by atoms with Crippen LogP contribution in [-0.4, -0.2) is 33.8 Å². The molecule has 1 atom stereocenters. The number of rotatable bonds is 6. The molecule has 0 bridgehead atoms. The minimum atomic E-state index is -0.722. The van der Waals surface area contributed by atoms with E-state index in [2.05, 4.69) is 4.98 Å². The molecule has 3 aromatic rings. The monoisotopic (exact) mass is 470 g/mol. The lowest BCUT2D eigenvalue weighted by atomic mass is 9.89. The third-order valence-electron chi connectivity index (χ3n) is 6.55. The normalized spacial score (nSPS) is 17.3. The summed E-state index contributed by atoms with van der Waals surface area (Å²) in [4.78, 5) is 32.4. The lowest BCUT2D eigenvalue weighted by Crippen LogP contribution is -2.29. The van der Waals surface area contributed by atoms with E-state index in [0.717, 1.165) is 33.6 Å². The molecule has 0 aliphatic carbocycles. The number of nitrogens with zero attached hydrogens (tertiary/aromatic N) is 2. The first-order valence-corrected chi connectivity index (χ1v) is 11.7. The fourth-order valence-corrected chi connectivity index (χ4v) is 4.67. The highest BCUT2D eigenvalue weighted by atomic mass is 16.5. The first-order chi connectivity index (χ1) is 16.7. The molecule has 1 aliphatic heterocycles. The number of hydrogen-bond donors (Lipinski definition) is 1. The Hall–Kier alpha value is -3.93. The first kappa shape index (κ1) is 24.2. The van der Waals surface area contributed by atoms with Gasteiger partial charge in [-0.25, -0.2) is 0 Å². The van der Waals surface area contributed by atoms with Crippen LogP contribution in [-0.2, 0) is 16.1 Å². The number of benzene rings is 2. The third-order valence-corrected chi connectivity index (χ3v) is 6.55. The van der Waals surface area contributed by atoms with Gasteiger partial charge in [0.2, 0.25) is 0 Å². The second kappa shape index (κ2) is 9.74. The van der Waals surface area contributed by atoms with Crippen molar-refractivity contribution in [3.8, 4) is 5.75 Å². The number of ketones is 1. The number of amides is 1. The number of Topliss-reactive ketones (excluding diaryl/α,β-unsaturated/α-hetero) is 1. The molecule has 2 aromatic carbocycles. The Morgan fingerprint density at radius 2 is 1.83 bits per heavy atom. The number of aryl methyl sites for hydroxylation is 2. The number of carbonyl (C=O) groups excluding carboxylic acids is 2. The minimum Gasteiger partial charge on any atom is -0.507 e. The van der Waals surface area contributed by atoms with E-state index in [1.807, 2.05) is 70.2 Å². The van der Waals surface area contributed by atoms with Crippen molar-refractivity contribution in [3.05, 3.63) is 99.9 Å². The Balaban J connectivity index is 1.94. The highest BCUT2D eigenvalue weighted by Crippen LogP contribution is 2.42. The van der Waals surface area contributed by atoms with Gasteiger partial charge in [-0.05, 0) is 65.8 Å². The summed E-state index contributed by atoms with van der Waals surface area (Å²) >= 11 is 0. The van der Waals surface area contributed by atoms with Crippen LogP contribution in [0.25, 0.3) is 5.76 Å². The van der Waals surface area contributed by atoms with Gasteiger partial charge in [0.05, 0.1) is 18.7 Å². The standard InChI is InChI=1S/C29H30N2O4/c1-17(2)22-14-23(19(4)13-24(22)35-5)27(32)25-26(21-11-7-6-9-18(21)3)31(29(34)28(25)33)16-20-10-8-12-30-15-20/h6-15,17,26,32H,16H2,1-5H3/b27-25+. The molecular formula is C29H30N2O4. The van der Waals surface area contributed by atoms with E-state index in [-0.39, 0.29) is 23.8 Å². The van der Waals surface area contributed by atoms with Gasteiger partial charge in [0.25, 0.3) is 11.7 Å². The predicted molar refractivity (Wildman–Crippen MR) is 135 cm³/mol. The van der Waals surface area contributed by atoms with Crippen molar-refractivity contribution >= 4 is 17.4 Å². The van der Waals surface area contributed by atoms with Gasteiger partial charge in [-0.3, -0.25) is 14.6 Å². The Morgan fingerprint density at radius 1 is 1.09 bits per heavy atom. The largest absolute Gasteiger partial charge is 0.507 e. The zero-order valence-corrected chi connectivity index (χ0v) is 20.7. The summed E-state index contributed by atoms with van der Waals surface area (Å²) in [5.41, 5.74) is 4.81. The number of hydrogen-bond acceptors (Lipinski definition) is 5. The molecule has 1 unspecified atom stereocenters. The number of aliphatic hydroxyl groups is 1. The molecule has 180 valence electrons. The third kappa shape index (κ3) is 4.44. The van der Waals surface area contributed by atoms with Crippen molar-refractivity contribution in [3.63, 3.8) is 0 Å². The maximum absolute atomic E-state index is 13.4. The molecule has 1 aromatic heterocycles. The smallest absolute Gasteiger partial charge is 0.295 e. The van der Waals surface area contributed by atoms with E-state index >= 15 is 0 Å². The Labute approximate surface area is 205 Å². The highest BCUT2D eigenvalue weighted by Gasteiger charge is 2.46. The lowest BCUT2D eigenvalue weighted by molar-refractivity contribution is -0.140. The number of likely N-dealkylation sites (tertiary alicyclic amines) is 1. The van der Waals surface area contributed by atoms with Gasteiger partial charge in [-0.2, -0.15) is 0 Å². The number of pyridine rings is 1. The van der Waals surface area contributed by atoms with Crippen molar-refractivity contribution in [2.45, 2.75) is 46.2 Å². The maximum atomic E-state index is 13.4. The van der Waals surface area contributed by atoms with E-state index in [4.69, 9.17) is 4.74 Å². The van der Waals surface area contributed by atoms with Crippen molar-refractivity contribution in [2.75, 3.05) is 7.11 Å². The first-order valence-electron chi connectivity index (χ1n) is 11.7. The Morgan fingerprint density at radius 3 is 2.46 bits per heavy atom. The summed E-state index contributed by atoms with van der Waals surface area (Å²) in [5.74, 6) is -0.647. The average molecular weight is 471 g/mol.